The van der Waals surface area contributed by atoms with Crippen molar-refractivity contribution in [2.75, 3.05) is 18.0 Å². The third-order valence-corrected chi connectivity index (χ3v) is 4.61. The molecule has 25 heavy (non-hydrogen) atoms. The van der Waals surface area contributed by atoms with E-state index in [4.69, 9.17) is 4.74 Å². The summed E-state index contributed by atoms with van der Waals surface area (Å²) in [7, 11) is 0. The molecule has 1 aliphatic rings. The van der Waals surface area contributed by atoms with Crippen molar-refractivity contribution in [3.63, 3.8) is 0 Å². The number of esters is 1. The minimum atomic E-state index is -0.335. The first-order chi connectivity index (χ1) is 11.9. The zero-order chi connectivity index (χ0) is 18.1. The summed E-state index contributed by atoms with van der Waals surface area (Å²) in [4.78, 5) is 14.3. The van der Waals surface area contributed by atoms with Crippen LogP contribution in [-0.2, 0) is 9.53 Å². The number of fused-ring (bicyclic) bond motifs is 1. The molecule has 0 saturated carbocycles. The molecule has 0 radical (unpaired) electrons. The van der Waals surface area contributed by atoms with E-state index in [0.717, 1.165) is 6.42 Å². The van der Waals surface area contributed by atoms with E-state index < -0.39 is 0 Å². The fourth-order valence-electron chi connectivity index (χ4n) is 2.98. The second-order valence-corrected chi connectivity index (χ2v) is 7.29. The summed E-state index contributed by atoms with van der Waals surface area (Å²) < 4.78 is 6.60. The van der Waals surface area contributed by atoms with Crippen molar-refractivity contribution in [2.24, 2.45) is 5.92 Å². The molecular weight excluding hydrogens is 392 g/mol. The van der Waals surface area contributed by atoms with Crippen LogP contribution in [0.3, 0.4) is 0 Å². The van der Waals surface area contributed by atoms with Crippen molar-refractivity contribution in [1.29, 1.82) is 0 Å². The van der Waals surface area contributed by atoms with Gasteiger partial charge < -0.3 is 15.2 Å². The van der Waals surface area contributed by atoms with Gasteiger partial charge in [-0.25, -0.2) is 4.73 Å². The minimum Gasteiger partial charge on any atom is -0.739 e. The Balaban J connectivity index is 1.92. The Kier molecular flexibility index (Phi) is 4.94. The van der Waals surface area contributed by atoms with Crippen LogP contribution in [0.1, 0.15) is 26.7 Å². The second-order valence-electron chi connectivity index (χ2n) is 6.37. The molecule has 1 atom stereocenters. The van der Waals surface area contributed by atoms with Gasteiger partial charge in [0.2, 0.25) is 5.10 Å². The highest BCUT2D eigenvalue weighted by Gasteiger charge is 2.35. The van der Waals surface area contributed by atoms with Gasteiger partial charge in [0.1, 0.15) is 0 Å². The number of piperidine rings is 1. The van der Waals surface area contributed by atoms with Gasteiger partial charge in [0.05, 0.1) is 25.1 Å². The first-order valence-electron chi connectivity index (χ1n) is 8.15. The van der Waals surface area contributed by atoms with Crippen molar-refractivity contribution in [1.82, 2.24) is 5.10 Å². The summed E-state index contributed by atoms with van der Waals surface area (Å²) in [5, 5.41) is 28.8. The molecule has 0 aliphatic carbocycles. The van der Waals surface area contributed by atoms with Crippen molar-refractivity contribution in [2.45, 2.75) is 32.8 Å². The number of nitrogens with zero attached hydrogens (tertiary/aromatic N) is 4. The van der Waals surface area contributed by atoms with Gasteiger partial charge in [-0.15, -0.1) is 0 Å². The van der Waals surface area contributed by atoms with E-state index in [1.165, 1.54) is 0 Å². The van der Waals surface area contributed by atoms with Crippen LogP contribution in [0, 0.1) is 16.3 Å². The molecular formula is C16H19BrN4O4. The summed E-state index contributed by atoms with van der Waals surface area (Å²) in [5.41, 5.74) is 0.413. The summed E-state index contributed by atoms with van der Waals surface area (Å²) in [6.45, 7) is 4.46. The molecule has 0 spiro atoms. The summed E-state index contributed by atoms with van der Waals surface area (Å²) in [6.07, 6.45) is 1.23. The number of anilines is 1. The van der Waals surface area contributed by atoms with Crippen LogP contribution in [0.2, 0.25) is 0 Å². The van der Waals surface area contributed by atoms with Gasteiger partial charge in [0, 0.05) is 15.4 Å². The van der Waals surface area contributed by atoms with Crippen LogP contribution in [-0.4, -0.2) is 30.3 Å². The van der Waals surface area contributed by atoms with Crippen molar-refractivity contribution in [3.05, 3.63) is 33.1 Å². The Morgan fingerprint density at radius 1 is 1.40 bits per heavy atom. The smallest absolute Gasteiger partial charge is 0.463 e. The lowest BCUT2D eigenvalue weighted by Gasteiger charge is -2.28. The van der Waals surface area contributed by atoms with E-state index in [1.54, 1.807) is 36.9 Å². The SMILES string of the molecule is CC(C)OC(=O)C1CCCN(c2n[n+]([O-])c3cc(Br)ccc3[n+]2[O-])C1. The Bertz CT molecular complexity index is 814. The molecule has 134 valence electrons. The fourth-order valence-corrected chi connectivity index (χ4v) is 3.33. The number of carbonyl (C=O) groups is 1. The number of aromatic nitrogens is 3. The van der Waals surface area contributed by atoms with Gasteiger partial charge in [0.15, 0.2) is 5.52 Å². The monoisotopic (exact) mass is 410 g/mol. The minimum absolute atomic E-state index is 0.00636. The topological polar surface area (TPSA) is 96.3 Å². The van der Waals surface area contributed by atoms with E-state index in [-0.39, 0.29) is 35.0 Å². The highest BCUT2D eigenvalue weighted by atomic mass is 79.9. The third kappa shape index (κ3) is 3.60. The van der Waals surface area contributed by atoms with E-state index in [1.807, 2.05) is 0 Å². The number of ether oxygens (including phenoxy) is 1. The van der Waals surface area contributed by atoms with Crippen LogP contribution in [0.25, 0.3) is 11.0 Å². The first kappa shape index (κ1) is 17.7. The zero-order valence-corrected chi connectivity index (χ0v) is 15.6. The van der Waals surface area contributed by atoms with Crippen molar-refractivity contribution >= 4 is 38.9 Å². The maximum absolute atomic E-state index is 12.7. The second kappa shape index (κ2) is 6.99. The average molecular weight is 411 g/mol. The molecule has 1 aromatic carbocycles. The van der Waals surface area contributed by atoms with E-state index in [0.29, 0.717) is 33.6 Å². The maximum atomic E-state index is 12.7. The Morgan fingerprint density at radius 3 is 2.88 bits per heavy atom. The Hall–Kier alpha value is -2.16. The normalized spacial score (nSPS) is 17.9. The maximum Gasteiger partial charge on any atom is 0.463 e. The van der Waals surface area contributed by atoms with E-state index in [9.17, 15) is 15.2 Å². The first-order valence-corrected chi connectivity index (χ1v) is 8.94. The summed E-state index contributed by atoms with van der Waals surface area (Å²) >= 11 is 3.28. The molecule has 8 nitrogen and oxygen atoms in total. The van der Waals surface area contributed by atoms with Gasteiger partial charge >= 0.3 is 17.4 Å². The quantitative estimate of drug-likeness (QED) is 0.431. The lowest BCUT2D eigenvalue weighted by Crippen LogP contribution is -2.51. The van der Waals surface area contributed by atoms with Crippen LogP contribution in [0.15, 0.2) is 22.7 Å². The molecule has 2 heterocycles. The molecule has 0 N–H and O–H groups in total. The standard InChI is InChI=1S/C16H19BrN4O4/c1-10(2)25-15(22)11-4-3-7-19(9-11)16-18-21(24)14-8-12(17)5-6-13(14)20(16)23/h5-6,8,10-11H,3-4,7,9H2,1-2H3. The number of benzene rings is 1. The van der Waals surface area contributed by atoms with Gasteiger partial charge in [-0.2, -0.15) is 0 Å². The molecule has 1 saturated heterocycles. The van der Waals surface area contributed by atoms with Gasteiger partial charge in [-0.3, -0.25) is 9.69 Å². The lowest BCUT2D eigenvalue weighted by molar-refractivity contribution is -0.673. The molecule has 1 aliphatic heterocycles. The molecule has 9 heteroatoms. The third-order valence-electron chi connectivity index (χ3n) is 4.11. The average Bonchev–Trinajstić information content (AvgIpc) is 2.57. The number of hydrogen-bond acceptors (Lipinski definition) is 6. The van der Waals surface area contributed by atoms with E-state index >= 15 is 0 Å². The Labute approximate surface area is 153 Å². The molecule has 0 amide bonds. The van der Waals surface area contributed by atoms with E-state index in [2.05, 4.69) is 21.0 Å². The highest BCUT2D eigenvalue weighted by molar-refractivity contribution is 9.10. The molecule has 1 fully saturated rings. The largest absolute Gasteiger partial charge is 0.739 e. The fraction of sp³-hybridized carbons (Fsp3) is 0.500. The number of halogens is 1. The molecule has 1 unspecified atom stereocenters. The van der Waals surface area contributed by atoms with Crippen LogP contribution in [0.4, 0.5) is 5.95 Å². The lowest BCUT2D eigenvalue weighted by atomic mass is 9.98. The van der Waals surface area contributed by atoms with Gasteiger partial charge in [-0.1, -0.05) is 15.9 Å². The van der Waals surface area contributed by atoms with Crippen LogP contribution < -0.4 is 14.5 Å². The summed E-state index contributed by atoms with van der Waals surface area (Å²) in [6, 6.07) is 4.81. The van der Waals surface area contributed by atoms with Crippen LogP contribution in [0.5, 0.6) is 0 Å². The van der Waals surface area contributed by atoms with Gasteiger partial charge in [0.25, 0.3) is 0 Å². The molecule has 2 aromatic rings. The van der Waals surface area contributed by atoms with Crippen LogP contribution >= 0.6 is 15.9 Å². The van der Waals surface area contributed by atoms with Crippen molar-refractivity contribution < 1.29 is 19.1 Å². The highest BCUT2D eigenvalue weighted by Crippen LogP contribution is 2.22. The van der Waals surface area contributed by atoms with Gasteiger partial charge in [-0.05, 0) is 38.8 Å². The predicted octanol–water partition coefficient (Wildman–Crippen LogP) is 1.43. The molecule has 1 aromatic heterocycles. The zero-order valence-electron chi connectivity index (χ0n) is 14.0. The Morgan fingerprint density at radius 2 is 2.16 bits per heavy atom. The predicted molar refractivity (Wildman–Crippen MR) is 93.5 cm³/mol. The molecule has 0 bridgehead atoms. The number of hydrogen-bond donors (Lipinski definition) is 0. The summed E-state index contributed by atoms with van der Waals surface area (Å²) in [5.74, 6) is -0.609. The molecule has 3 rings (SSSR count). The number of carbonyl (C=O) groups excluding carboxylic acids is 1. The van der Waals surface area contributed by atoms with Crippen molar-refractivity contribution in [3.8, 4) is 0 Å². The number of rotatable bonds is 3.